The van der Waals surface area contributed by atoms with Crippen LogP contribution in [-0.2, 0) is 17.8 Å². The average molecular weight is 436 g/mol. The molecule has 4 rings (SSSR count). The van der Waals surface area contributed by atoms with Crippen molar-refractivity contribution in [1.82, 2.24) is 15.3 Å². The third-order valence-corrected chi connectivity index (χ3v) is 6.58. The number of hydrogen-bond donors (Lipinski definition) is 2. The topological polar surface area (TPSA) is 65.0 Å². The number of benzene rings is 2. The molecule has 0 radical (unpaired) electrons. The van der Waals surface area contributed by atoms with Crippen LogP contribution in [0.25, 0.3) is 5.57 Å². The molecule has 1 saturated heterocycles. The van der Waals surface area contributed by atoms with E-state index in [2.05, 4.69) is 54.0 Å². The highest BCUT2D eigenvalue weighted by Gasteiger charge is 2.30. The van der Waals surface area contributed by atoms with Gasteiger partial charge in [0.25, 0.3) is 5.91 Å². The Labute approximate surface area is 190 Å². The molecule has 0 spiro atoms. The Morgan fingerprint density at radius 3 is 2.44 bits per heavy atom. The molecule has 2 heterocycles. The summed E-state index contributed by atoms with van der Waals surface area (Å²) in [4.78, 5) is 16.6. The van der Waals surface area contributed by atoms with Gasteiger partial charge in [0.15, 0.2) is 0 Å². The van der Waals surface area contributed by atoms with Crippen LogP contribution in [0.15, 0.2) is 54.6 Å². The summed E-state index contributed by atoms with van der Waals surface area (Å²) >= 11 is 0. The fourth-order valence-electron chi connectivity index (χ4n) is 4.93. The zero-order chi connectivity index (χ0) is 22.5. The van der Waals surface area contributed by atoms with E-state index in [9.17, 15) is 4.79 Å². The second-order valence-electron chi connectivity index (χ2n) is 8.91. The third kappa shape index (κ3) is 5.27. The number of hydrogen-bond acceptors (Lipinski definition) is 5. The maximum absolute atomic E-state index is 11.5. The third-order valence-electron chi connectivity index (χ3n) is 6.58. The summed E-state index contributed by atoms with van der Waals surface area (Å²) in [6, 6.07) is 17.1. The van der Waals surface area contributed by atoms with Crippen molar-refractivity contribution in [1.29, 1.82) is 0 Å². The van der Waals surface area contributed by atoms with Gasteiger partial charge in [0, 0.05) is 43.8 Å². The van der Waals surface area contributed by atoms with E-state index in [0.29, 0.717) is 24.3 Å². The van der Waals surface area contributed by atoms with E-state index >= 15 is 0 Å². The van der Waals surface area contributed by atoms with E-state index in [-0.39, 0.29) is 0 Å². The van der Waals surface area contributed by atoms with E-state index in [1.807, 2.05) is 12.1 Å². The van der Waals surface area contributed by atoms with Crippen LogP contribution < -0.4 is 5.48 Å². The summed E-state index contributed by atoms with van der Waals surface area (Å²) in [6.45, 7) is 9.95. The highest BCUT2D eigenvalue weighted by molar-refractivity contribution is 5.93. The van der Waals surface area contributed by atoms with Gasteiger partial charge in [-0.1, -0.05) is 42.5 Å². The predicted octanol–water partition coefficient (Wildman–Crippen LogP) is 3.70. The zero-order valence-electron chi connectivity index (χ0n) is 19.0. The van der Waals surface area contributed by atoms with E-state index < -0.39 is 5.91 Å². The number of ether oxygens (including phenoxy) is 1. The monoisotopic (exact) mass is 435 g/mol. The molecule has 32 heavy (non-hydrogen) atoms. The van der Waals surface area contributed by atoms with E-state index in [4.69, 9.17) is 9.94 Å². The van der Waals surface area contributed by atoms with Gasteiger partial charge in [-0.3, -0.25) is 19.8 Å². The quantitative estimate of drug-likeness (QED) is 0.535. The maximum atomic E-state index is 11.5. The first kappa shape index (κ1) is 22.7. The van der Waals surface area contributed by atoms with Gasteiger partial charge in [-0.05, 0) is 54.7 Å². The first-order valence-electron chi connectivity index (χ1n) is 11.4. The number of amides is 1. The van der Waals surface area contributed by atoms with Crippen molar-refractivity contribution in [3.05, 3.63) is 76.9 Å². The van der Waals surface area contributed by atoms with Crippen molar-refractivity contribution in [2.24, 2.45) is 0 Å². The molecule has 2 unspecified atom stereocenters. The van der Waals surface area contributed by atoms with Crippen LogP contribution in [0, 0.1) is 0 Å². The Morgan fingerprint density at radius 1 is 1.06 bits per heavy atom. The summed E-state index contributed by atoms with van der Waals surface area (Å²) in [5.74, 6) is -0.482. The number of nitrogens with zero attached hydrogens (tertiary/aromatic N) is 2. The molecule has 0 aliphatic carbocycles. The molecular formula is C26H33N3O3. The van der Waals surface area contributed by atoms with Crippen LogP contribution >= 0.6 is 0 Å². The van der Waals surface area contributed by atoms with Crippen molar-refractivity contribution < 1.29 is 14.7 Å². The van der Waals surface area contributed by atoms with Crippen LogP contribution in [0.5, 0.6) is 0 Å². The molecule has 2 aromatic rings. The molecule has 0 saturated carbocycles. The summed E-state index contributed by atoms with van der Waals surface area (Å²) < 4.78 is 5.51. The van der Waals surface area contributed by atoms with Crippen molar-refractivity contribution in [3.8, 4) is 0 Å². The number of piperazine rings is 1. The lowest BCUT2D eigenvalue weighted by molar-refractivity contribution is 0.0289. The summed E-state index contributed by atoms with van der Waals surface area (Å²) in [5, 5.41) is 8.78. The van der Waals surface area contributed by atoms with Gasteiger partial charge in [-0.25, -0.2) is 5.48 Å². The van der Waals surface area contributed by atoms with Gasteiger partial charge in [-0.15, -0.1) is 0 Å². The van der Waals surface area contributed by atoms with Crippen molar-refractivity contribution in [2.45, 2.75) is 45.4 Å². The van der Waals surface area contributed by atoms with Gasteiger partial charge in [0.1, 0.15) is 0 Å². The SMILES string of the molecule is CC1CN(Cc2ccc(C(=O)NO)cc2)CC(C)N1Cc1ccccc1C1=CCOCC1. The van der Waals surface area contributed by atoms with E-state index in [1.54, 1.807) is 17.6 Å². The summed E-state index contributed by atoms with van der Waals surface area (Å²) in [7, 11) is 0. The van der Waals surface area contributed by atoms with Gasteiger partial charge in [0.2, 0.25) is 0 Å². The first-order valence-corrected chi connectivity index (χ1v) is 11.4. The summed E-state index contributed by atoms with van der Waals surface area (Å²) in [6.07, 6.45) is 3.21. The number of nitrogens with one attached hydrogen (secondary N) is 1. The molecule has 2 aliphatic rings. The lowest BCUT2D eigenvalue weighted by Crippen LogP contribution is -2.55. The smallest absolute Gasteiger partial charge is 0.274 e. The Kier molecular flexibility index (Phi) is 7.37. The number of carbonyl (C=O) groups excluding carboxylic acids is 1. The lowest BCUT2D eigenvalue weighted by atomic mass is 9.95. The molecule has 1 amide bonds. The maximum Gasteiger partial charge on any atom is 0.274 e. The zero-order valence-corrected chi connectivity index (χ0v) is 19.0. The largest absolute Gasteiger partial charge is 0.377 e. The van der Waals surface area contributed by atoms with Gasteiger partial charge >= 0.3 is 0 Å². The Morgan fingerprint density at radius 2 is 1.78 bits per heavy atom. The fourth-order valence-corrected chi connectivity index (χ4v) is 4.93. The molecule has 170 valence electrons. The van der Waals surface area contributed by atoms with E-state index in [1.165, 1.54) is 22.3 Å². The van der Waals surface area contributed by atoms with Crippen molar-refractivity contribution in [3.63, 3.8) is 0 Å². The molecule has 2 aliphatic heterocycles. The predicted molar refractivity (Wildman–Crippen MR) is 125 cm³/mol. The minimum Gasteiger partial charge on any atom is -0.377 e. The molecule has 1 fully saturated rings. The normalized spacial score (nSPS) is 22.4. The second kappa shape index (κ2) is 10.4. The number of hydroxylamine groups is 1. The highest BCUT2D eigenvalue weighted by atomic mass is 16.5. The molecule has 0 bridgehead atoms. The Hall–Kier alpha value is -2.51. The number of rotatable bonds is 6. The number of carbonyl (C=O) groups is 1. The molecule has 2 aromatic carbocycles. The van der Waals surface area contributed by atoms with Crippen molar-refractivity contribution >= 4 is 11.5 Å². The summed E-state index contributed by atoms with van der Waals surface area (Å²) in [5.41, 5.74) is 7.47. The Bertz CT molecular complexity index is 945. The van der Waals surface area contributed by atoms with Gasteiger partial charge in [0.05, 0.1) is 13.2 Å². The molecule has 6 nitrogen and oxygen atoms in total. The Balaban J connectivity index is 1.41. The van der Waals surface area contributed by atoms with Gasteiger partial charge in [-0.2, -0.15) is 0 Å². The molecule has 2 N–H and O–H groups in total. The molecular weight excluding hydrogens is 402 g/mol. The first-order chi connectivity index (χ1) is 15.5. The van der Waals surface area contributed by atoms with Crippen LogP contribution in [-0.4, -0.2) is 59.3 Å². The van der Waals surface area contributed by atoms with Crippen LogP contribution in [0.2, 0.25) is 0 Å². The minimum atomic E-state index is -0.482. The second-order valence-corrected chi connectivity index (χ2v) is 8.91. The standard InChI is InChI=1S/C26H33N3O3/c1-19-15-28(17-21-7-9-23(10-8-21)26(30)27-31)16-20(2)29(19)18-24-5-3-4-6-25(24)22-11-13-32-14-12-22/h3-11,19-20,31H,12-18H2,1-2H3,(H,27,30). The van der Waals surface area contributed by atoms with Gasteiger partial charge < -0.3 is 4.74 Å². The lowest BCUT2D eigenvalue weighted by Gasteiger charge is -2.45. The minimum absolute atomic E-state index is 0.440. The van der Waals surface area contributed by atoms with Crippen LogP contribution in [0.1, 0.15) is 47.3 Å². The fraction of sp³-hybridized carbons (Fsp3) is 0.423. The molecule has 6 heteroatoms. The van der Waals surface area contributed by atoms with Crippen LogP contribution in [0.4, 0.5) is 0 Å². The highest BCUT2D eigenvalue weighted by Crippen LogP contribution is 2.28. The van der Waals surface area contributed by atoms with Crippen molar-refractivity contribution in [2.75, 3.05) is 26.3 Å². The molecule has 0 aromatic heterocycles. The van der Waals surface area contributed by atoms with Crippen LogP contribution in [0.3, 0.4) is 0 Å². The van der Waals surface area contributed by atoms with E-state index in [0.717, 1.165) is 39.2 Å². The average Bonchev–Trinajstić information content (AvgIpc) is 2.82. The molecule has 2 atom stereocenters.